The van der Waals surface area contributed by atoms with Gasteiger partial charge in [0.15, 0.2) is 0 Å². The third-order valence-corrected chi connectivity index (χ3v) is 3.13. The molecule has 0 amide bonds. The molecule has 21 heavy (non-hydrogen) atoms. The molecule has 0 spiro atoms. The molecule has 0 heterocycles. The quantitative estimate of drug-likeness (QED) is 0.810. The van der Waals surface area contributed by atoms with E-state index >= 15 is 0 Å². The van der Waals surface area contributed by atoms with Gasteiger partial charge >= 0.3 is 12.1 Å². The monoisotopic (exact) mass is 303 g/mol. The number of benzene rings is 1. The summed E-state index contributed by atoms with van der Waals surface area (Å²) in [7, 11) is 0. The Labute approximate surface area is 122 Å². The predicted molar refractivity (Wildman–Crippen MR) is 73.7 cm³/mol. The molecule has 0 radical (unpaired) electrons. The molecule has 1 unspecified atom stereocenters. The highest BCUT2D eigenvalue weighted by molar-refractivity contribution is 5.70. The zero-order valence-electron chi connectivity index (χ0n) is 12.1. The van der Waals surface area contributed by atoms with Crippen molar-refractivity contribution >= 4 is 5.97 Å². The molecule has 0 aliphatic heterocycles. The summed E-state index contributed by atoms with van der Waals surface area (Å²) in [6.45, 7) is 3.97. The third-order valence-electron chi connectivity index (χ3n) is 3.13. The van der Waals surface area contributed by atoms with E-state index in [-0.39, 0.29) is 24.6 Å². The largest absolute Gasteiger partial charge is 0.481 e. The summed E-state index contributed by atoms with van der Waals surface area (Å²) < 4.78 is 38.4. The average Bonchev–Trinajstić information content (AvgIpc) is 2.36. The van der Waals surface area contributed by atoms with Gasteiger partial charge in [-0.3, -0.25) is 4.79 Å². The SMILES string of the molecule is CC(C)CC(CNCc1ccccc1C(F)(F)F)C(=O)O. The molecule has 0 bridgehead atoms. The summed E-state index contributed by atoms with van der Waals surface area (Å²) in [4.78, 5) is 11.1. The molecular weight excluding hydrogens is 283 g/mol. The van der Waals surface area contributed by atoms with E-state index in [0.29, 0.717) is 6.42 Å². The van der Waals surface area contributed by atoms with Gasteiger partial charge in [-0.2, -0.15) is 13.2 Å². The van der Waals surface area contributed by atoms with Gasteiger partial charge < -0.3 is 10.4 Å². The molecule has 1 aromatic rings. The summed E-state index contributed by atoms with van der Waals surface area (Å²) in [5, 5.41) is 11.9. The van der Waals surface area contributed by atoms with Crippen molar-refractivity contribution in [2.24, 2.45) is 11.8 Å². The number of alkyl halides is 3. The lowest BCUT2D eigenvalue weighted by molar-refractivity contribution is -0.142. The highest BCUT2D eigenvalue weighted by Crippen LogP contribution is 2.31. The first kappa shape index (κ1) is 17.5. The molecule has 0 fully saturated rings. The van der Waals surface area contributed by atoms with Crippen LogP contribution in [0.5, 0.6) is 0 Å². The summed E-state index contributed by atoms with van der Waals surface area (Å²) in [6.07, 6.45) is -3.91. The third kappa shape index (κ3) is 5.75. The minimum Gasteiger partial charge on any atom is -0.481 e. The van der Waals surface area contributed by atoms with E-state index < -0.39 is 23.6 Å². The van der Waals surface area contributed by atoms with Gasteiger partial charge in [0.25, 0.3) is 0 Å². The molecule has 0 saturated carbocycles. The molecule has 0 aliphatic carbocycles. The van der Waals surface area contributed by atoms with Gasteiger partial charge in [0.05, 0.1) is 11.5 Å². The Morgan fingerprint density at radius 3 is 2.43 bits per heavy atom. The molecule has 118 valence electrons. The molecule has 2 N–H and O–H groups in total. The normalized spacial score (nSPS) is 13.4. The second-order valence-corrected chi connectivity index (χ2v) is 5.45. The number of hydrogen-bond acceptors (Lipinski definition) is 2. The second kappa shape index (κ2) is 7.45. The highest BCUT2D eigenvalue weighted by Gasteiger charge is 2.32. The van der Waals surface area contributed by atoms with Crippen LogP contribution in [-0.2, 0) is 17.5 Å². The molecule has 0 aromatic heterocycles. The van der Waals surface area contributed by atoms with Crippen LogP contribution in [0.25, 0.3) is 0 Å². The van der Waals surface area contributed by atoms with E-state index in [1.807, 2.05) is 13.8 Å². The van der Waals surface area contributed by atoms with Crippen LogP contribution in [0.1, 0.15) is 31.4 Å². The number of carboxylic acid groups (broad SMARTS) is 1. The Bertz CT molecular complexity index is 472. The summed E-state index contributed by atoms with van der Waals surface area (Å²) in [5.41, 5.74) is -0.563. The fourth-order valence-electron chi connectivity index (χ4n) is 2.17. The molecule has 1 aromatic carbocycles. The Balaban J connectivity index is 2.65. The van der Waals surface area contributed by atoms with Gasteiger partial charge in [0.2, 0.25) is 0 Å². The van der Waals surface area contributed by atoms with Crippen LogP contribution in [0, 0.1) is 11.8 Å². The number of carboxylic acids is 1. The van der Waals surface area contributed by atoms with Gasteiger partial charge in [-0.05, 0) is 24.0 Å². The molecular formula is C15H20F3NO2. The maximum absolute atomic E-state index is 12.8. The van der Waals surface area contributed by atoms with Crippen LogP contribution in [0.3, 0.4) is 0 Å². The lowest BCUT2D eigenvalue weighted by atomic mass is 9.97. The second-order valence-electron chi connectivity index (χ2n) is 5.45. The van der Waals surface area contributed by atoms with Crippen molar-refractivity contribution in [3.8, 4) is 0 Å². The Morgan fingerprint density at radius 1 is 1.29 bits per heavy atom. The van der Waals surface area contributed by atoms with E-state index in [2.05, 4.69) is 5.32 Å². The van der Waals surface area contributed by atoms with E-state index in [4.69, 9.17) is 5.11 Å². The first-order valence-corrected chi connectivity index (χ1v) is 6.80. The minimum atomic E-state index is -4.40. The highest BCUT2D eigenvalue weighted by atomic mass is 19.4. The van der Waals surface area contributed by atoms with Crippen molar-refractivity contribution in [1.29, 1.82) is 0 Å². The van der Waals surface area contributed by atoms with Crippen molar-refractivity contribution in [3.05, 3.63) is 35.4 Å². The zero-order valence-corrected chi connectivity index (χ0v) is 12.1. The number of nitrogens with one attached hydrogen (secondary N) is 1. The fourth-order valence-corrected chi connectivity index (χ4v) is 2.17. The number of hydrogen-bond donors (Lipinski definition) is 2. The van der Waals surface area contributed by atoms with Crippen molar-refractivity contribution in [2.75, 3.05) is 6.54 Å². The first-order chi connectivity index (χ1) is 9.71. The van der Waals surface area contributed by atoms with Crippen molar-refractivity contribution in [3.63, 3.8) is 0 Å². The van der Waals surface area contributed by atoms with Gasteiger partial charge in [-0.25, -0.2) is 0 Å². The van der Waals surface area contributed by atoms with Gasteiger partial charge in [0, 0.05) is 13.1 Å². The van der Waals surface area contributed by atoms with E-state index in [0.717, 1.165) is 6.07 Å². The Hall–Kier alpha value is -1.56. The fraction of sp³-hybridized carbons (Fsp3) is 0.533. The summed E-state index contributed by atoms with van der Waals surface area (Å²) >= 11 is 0. The van der Waals surface area contributed by atoms with Crippen LogP contribution < -0.4 is 5.32 Å². The van der Waals surface area contributed by atoms with Gasteiger partial charge in [-0.1, -0.05) is 32.0 Å². The maximum atomic E-state index is 12.8. The number of rotatable bonds is 7. The topological polar surface area (TPSA) is 49.3 Å². The van der Waals surface area contributed by atoms with Gasteiger partial charge in [0.1, 0.15) is 0 Å². The lowest BCUT2D eigenvalue weighted by Crippen LogP contribution is -2.29. The predicted octanol–water partition coefficient (Wildman–Crippen LogP) is 3.54. The standard InChI is InChI=1S/C15H20F3NO2/c1-10(2)7-12(14(20)21)9-19-8-11-5-3-4-6-13(11)15(16,17)18/h3-6,10,12,19H,7-9H2,1-2H3,(H,20,21). The van der Waals surface area contributed by atoms with Crippen LogP contribution in [-0.4, -0.2) is 17.6 Å². The Morgan fingerprint density at radius 2 is 1.90 bits per heavy atom. The van der Waals surface area contributed by atoms with E-state index in [1.54, 1.807) is 0 Å². The van der Waals surface area contributed by atoms with Crippen LogP contribution >= 0.6 is 0 Å². The molecule has 1 rings (SSSR count). The Kier molecular flexibility index (Phi) is 6.20. The molecule has 0 saturated heterocycles. The summed E-state index contributed by atoms with van der Waals surface area (Å²) in [5.74, 6) is -1.31. The minimum absolute atomic E-state index is 0.00242. The first-order valence-electron chi connectivity index (χ1n) is 6.80. The zero-order chi connectivity index (χ0) is 16.0. The number of halogens is 3. The molecule has 3 nitrogen and oxygen atoms in total. The van der Waals surface area contributed by atoms with E-state index in [9.17, 15) is 18.0 Å². The van der Waals surface area contributed by atoms with E-state index in [1.165, 1.54) is 18.2 Å². The maximum Gasteiger partial charge on any atom is 0.416 e. The van der Waals surface area contributed by atoms with Crippen LogP contribution in [0.15, 0.2) is 24.3 Å². The average molecular weight is 303 g/mol. The van der Waals surface area contributed by atoms with Crippen LogP contribution in [0.2, 0.25) is 0 Å². The molecule has 6 heteroatoms. The van der Waals surface area contributed by atoms with Crippen LogP contribution in [0.4, 0.5) is 13.2 Å². The van der Waals surface area contributed by atoms with Gasteiger partial charge in [-0.15, -0.1) is 0 Å². The number of carbonyl (C=O) groups is 1. The van der Waals surface area contributed by atoms with Crippen molar-refractivity contribution < 1.29 is 23.1 Å². The molecule has 0 aliphatic rings. The van der Waals surface area contributed by atoms with Crippen molar-refractivity contribution in [1.82, 2.24) is 5.32 Å². The summed E-state index contributed by atoms with van der Waals surface area (Å²) in [6, 6.07) is 5.30. The number of aliphatic carboxylic acids is 1. The van der Waals surface area contributed by atoms with Crippen molar-refractivity contribution in [2.45, 2.75) is 33.0 Å². The molecule has 1 atom stereocenters. The lowest BCUT2D eigenvalue weighted by Gasteiger charge is -2.17. The smallest absolute Gasteiger partial charge is 0.416 e.